The first-order chi connectivity index (χ1) is 10.6. The third-order valence-electron chi connectivity index (χ3n) is 3.92. The highest BCUT2D eigenvalue weighted by atomic mass is 35.5. The van der Waals surface area contributed by atoms with Gasteiger partial charge in [0, 0.05) is 38.6 Å². The van der Waals surface area contributed by atoms with Crippen LogP contribution >= 0.6 is 11.6 Å². The quantitative estimate of drug-likeness (QED) is 0.925. The second-order valence-electron chi connectivity index (χ2n) is 5.48. The van der Waals surface area contributed by atoms with Crippen LogP contribution in [0.4, 0.5) is 0 Å². The number of likely N-dealkylation sites (tertiary alicyclic amines) is 1. The Bertz CT molecular complexity index is 669. The number of nitrogens with one attached hydrogen (secondary N) is 1. The van der Waals surface area contributed by atoms with E-state index in [0.29, 0.717) is 30.2 Å². The minimum Gasteiger partial charge on any atom is -0.379 e. The Hall–Kier alpha value is -1.86. The van der Waals surface area contributed by atoms with Gasteiger partial charge in [-0.15, -0.1) is 0 Å². The number of hydrogen-bond acceptors (Lipinski definition) is 5. The highest BCUT2D eigenvalue weighted by Gasteiger charge is 2.37. The summed E-state index contributed by atoms with van der Waals surface area (Å²) >= 11 is 5.96. The molecule has 0 spiro atoms. The molecule has 2 atom stereocenters. The van der Waals surface area contributed by atoms with Gasteiger partial charge in [-0.3, -0.25) is 9.89 Å². The maximum absolute atomic E-state index is 12.5. The summed E-state index contributed by atoms with van der Waals surface area (Å²) in [6.07, 6.45) is 2.06. The number of methoxy groups -OCH3 is 1. The van der Waals surface area contributed by atoms with E-state index >= 15 is 0 Å². The normalized spacial score (nSPS) is 21.5. The number of aryl methyl sites for hydroxylation is 1. The molecule has 1 fully saturated rings. The molecule has 3 rings (SSSR count). The Balaban J connectivity index is 1.71. The SMILES string of the molecule is CO[C@H]1CN(C(=O)c2[nH]ncc2Cl)C[C@H]1Cc1cc(C)no1. The Morgan fingerprint density at radius 2 is 2.41 bits per heavy atom. The number of rotatable bonds is 4. The number of amides is 1. The first-order valence-electron chi connectivity index (χ1n) is 7.01. The summed E-state index contributed by atoms with van der Waals surface area (Å²) in [5, 5.41) is 10.6. The monoisotopic (exact) mass is 324 g/mol. The molecule has 0 bridgehead atoms. The van der Waals surface area contributed by atoms with Crippen molar-refractivity contribution in [2.24, 2.45) is 5.92 Å². The topological polar surface area (TPSA) is 84.2 Å². The second kappa shape index (κ2) is 6.10. The first-order valence-corrected chi connectivity index (χ1v) is 7.39. The molecule has 2 aromatic rings. The molecule has 0 unspecified atom stereocenters. The fraction of sp³-hybridized carbons (Fsp3) is 0.500. The van der Waals surface area contributed by atoms with Gasteiger partial charge >= 0.3 is 0 Å². The molecular formula is C14H17ClN4O3. The zero-order valence-electron chi connectivity index (χ0n) is 12.4. The Kier molecular flexibility index (Phi) is 4.17. The number of H-pyrrole nitrogens is 1. The van der Waals surface area contributed by atoms with Gasteiger partial charge < -0.3 is 14.2 Å². The average molecular weight is 325 g/mol. The van der Waals surface area contributed by atoms with E-state index in [0.717, 1.165) is 11.5 Å². The summed E-state index contributed by atoms with van der Waals surface area (Å²) in [5.74, 6) is 0.794. The van der Waals surface area contributed by atoms with Gasteiger partial charge in [-0.1, -0.05) is 16.8 Å². The maximum atomic E-state index is 12.5. The third-order valence-corrected chi connectivity index (χ3v) is 4.20. The summed E-state index contributed by atoms with van der Waals surface area (Å²) in [5.41, 5.74) is 1.16. The van der Waals surface area contributed by atoms with Crippen LogP contribution in [0, 0.1) is 12.8 Å². The molecular weight excluding hydrogens is 308 g/mol. The summed E-state index contributed by atoms with van der Waals surface area (Å²) in [6, 6.07) is 1.91. The molecule has 7 nitrogen and oxygen atoms in total. The predicted octanol–water partition coefficient (Wildman–Crippen LogP) is 1.69. The van der Waals surface area contributed by atoms with Crippen molar-refractivity contribution in [2.75, 3.05) is 20.2 Å². The molecule has 0 radical (unpaired) electrons. The lowest BCUT2D eigenvalue weighted by Gasteiger charge is -2.14. The van der Waals surface area contributed by atoms with Crippen molar-refractivity contribution in [1.29, 1.82) is 0 Å². The summed E-state index contributed by atoms with van der Waals surface area (Å²) in [6.45, 7) is 2.97. The van der Waals surface area contributed by atoms with Gasteiger partial charge in [0.05, 0.1) is 23.0 Å². The van der Waals surface area contributed by atoms with E-state index in [1.807, 2.05) is 13.0 Å². The number of halogens is 1. The molecule has 0 aliphatic carbocycles. The van der Waals surface area contributed by atoms with E-state index in [4.69, 9.17) is 20.9 Å². The van der Waals surface area contributed by atoms with E-state index in [-0.39, 0.29) is 17.9 Å². The van der Waals surface area contributed by atoms with Crippen molar-refractivity contribution in [3.8, 4) is 0 Å². The fourth-order valence-electron chi connectivity index (χ4n) is 2.82. The smallest absolute Gasteiger partial charge is 0.273 e. The van der Waals surface area contributed by atoms with Crippen molar-refractivity contribution in [1.82, 2.24) is 20.3 Å². The number of carbonyl (C=O) groups excluding carboxylic acids is 1. The van der Waals surface area contributed by atoms with Crippen LogP contribution in [0.2, 0.25) is 5.02 Å². The van der Waals surface area contributed by atoms with Crippen LogP contribution in [0.25, 0.3) is 0 Å². The van der Waals surface area contributed by atoms with E-state index in [9.17, 15) is 4.79 Å². The Labute approximate surface area is 132 Å². The van der Waals surface area contributed by atoms with Gasteiger partial charge in [0.1, 0.15) is 11.5 Å². The fourth-order valence-corrected chi connectivity index (χ4v) is 2.99. The number of aromatic nitrogens is 3. The number of hydrogen-bond donors (Lipinski definition) is 1. The van der Waals surface area contributed by atoms with Crippen LogP contribution in [0.3, 0.4) is 0 Å². The van der Waals surface area contributed by atoms with Crippen LogP contribution in [0.1, 0.15) is 21.9 Å². The largest absolute Gasteiger partial charge is 0.379 e. The standard InChI is InChI=1S/C14H17ClN4O3/c1-8-3-10(22-18-8)4-9-6-19(7-12(9)21-2)14(20)13-11(15)5-16-17-13/h3,5,9,12H,4,6-7H2,1-2H3,(H,16,17)/t9-,12+/m1/s1. The molecule has 1 amide bonds. The van der Waals surface area contributed by atoms with Crippen LogP contribution < -0.4 is 0 Å². The van der Waals surface area contributed by atoms with Crippen LogP contribution in [0.15, 0.2) is 16.8 Å². The zero-order chi connectivity index (χ0) is 15.7. The molecule has 3 heterocycles. The van der Waals surface area contributed by atoms with Gasteiger partial charge in [-0.05, 0) is 6.92 Å². The first kappa shape index (κ1) is 15.1. The van der Waals surface area contributed by atoms with Crippen molar-refractivity contribution in [3.05, 3.63) is 34.4 Å². The average Bonchev–Trinajstić information content (AvgIpc) is 3.19. The molecule has 2 aromatic heterocycles. The Morgan fingerprint density at radius 3 is 3.00 bits per heavy atom. The van der Waals surface area contributed by atoms with Gasteiger partial charge in [0.15, 0.2) is 0 Å². The number of nitrogens with zero attached hydrogens (tertiary/aromatic N) is 3. The molecule has 1 aliphatic rings. The van der Waals surface area contributed by atoms with Crippen molar-refractivity contribution in [2.45, 2.75) is 19.4 Å². The van der Waals surface area contributed by atoms with Crippen LogP contribution in [-0.2, 0) is 11.2 Å². The van der Waals surface area contributed by atoms with Gasteiger partial charge in [-0.2, -0.15) is 5.10 Å². The lowest BCUT2D eigenvalue weighted by molar-refractivity contribution is 0.0669. The molecule has 118 valence electrons. The van der Waals surface area contributed by atoms with Crippen molar-refractivity contribution in [3.63, 3.8) is 0 Å². The summed E-state index contributed by atoms with van der Waals surface area (Å²) in [4.78, 5) is 14.2. The van der Waals surface area contributed by atoms with Gasteiger partial charge in [0.2, 0.25) is 0 Å². The van der Waals surface area contributed by atoms with E-state index < -0.39 is 0 Å². The van der Waals surface area contributed by atoms with E-state index in [1.54, 1.807) is 12.0 Å². The van der Waals surface area contributed by atoms with Gasteiger partial charge in [0.25, 0.3) is 5.91 Å². The highest BCUT2D eigenvalue weighted by molar-refractivity contribution is 6.33. The highest BCUT2D eigenvalue weighted by Crippen LogP contribution is 2.26. The predicted molar refractivity (Wildman–Crippen MR) is 78.7 cm³/mol. The third kappa shape index (κ3) is 2.86. The van der Waals surface area contributed by atoms with E-state index in [2.05, 4.69) is 15.4 Å². The Morgan fingerprint density at radius 1 is 1.59 bits per heavy atom. The summed E-state index contributed by atoms with van der Waals surface area (Å²) < 4.78 is 10.8. The summed E-state index contributed by atoms with van der Waals surface area (Å²) in [7, 11) is 1.65. The second-order valence-corrected chi connectivity index (χ2v) is 5.88. The number of aromatic amines is 1. The number of carbonyl (C=O) groups is 1. The van der Waals surface area contributed by atoms with E-state index in [1.165, 1.54) is 6.20 Å². The molecule has 22 heavy (non-hydrogen) atoms. The lowest BCUT2D eigenvalue weighted by Crippen LogP contribution is -2.30. The molecule has 0 aromatic carbocycles. The number of ether oxygens (including phenoxy) is 1. The van der Waals surface area contributed by atoms with Crippen molar-refractivity contribution < 1.29 is 14.1 Å². The van der Waals surface area contributed by atoms with Crippen molar-refractivity contribution >= 4 is 17.5 Å². The maximum Gasteiger partial charge on any atom is 0.273 e. The molecule has 8 heteroatoms. The van der Waals surface area contributed by atoms with Crippen LogP contribution in [0.5, 0.6) is 0 Å². The lowest BCUT2D eigenvalue weighted by atomic mass is 10.0. The molecule has 1 aliphatic heterocycles. The zero-order valence-corrected chi connectivity index (χ0v) is 13.1. The minimum absolute atomic E-state index is 0.0453. The molecule has 1 N–H and O–H groups in total. The molecule has 1 saturated heterocycles. The molecule has 0 saturated carbocycles. The van der Waals surface area contributed by atoms with Crippen LogP contribution in [-0.4, -0.2) is 52.5 Å². The minimum atomic E-state index is -0.166. The van der Waals surface area contributed by atoms with Gasteiger partial charge in [-0.25, -0.2) is 0 Å².